The van der Waals surface area contributed by atoms with Gasteiger partial charge in [0, 0.05) is 0 Å². The Kier molecular flexibility index (Phi) is 1.55. The lowest BCUT2D eigenvalue weighted by molar-refractivity contribution is 0.165. The fourth-order valence-electron chi connectivity index (χ4n) is 2.24. The molecule has 1 saturated carbocycles. The molecule has 0 nitrogen and oxygen atoms in total. The summed E-state index contributed by atoms with van der Waals surface area (Å²) in [6.07, 6.45) is 9.64. The van der Waals surface area contributed by atoms with E-state index >= 15 is 0 Å². The lowest BCUT2D eigenvalue weighted by Gasteiger charge is -2.40. The molecular formula is C10H16. The standard InChI is InChI=1S/C10H16/c1-2-8-3-4-9-5-6-10(9)7-8/h3,9-10H,2,4-7H2,1H3. The summed E-state index contributed by atoms with van der Waals surface area (Å²) in [5, 5.41) is 0. The van der Waals surface area contributed by atoms with Crippen molar-refractivity contribution in [2.45, 2.75) is 39.0 Å². The third-order valence-electron chi connectivity index (χ3n) is 3.26. The monoisotopic (exact) mass is 136 g/mol. The van der Waals surface area contributed by atoms with Crippen LogP contribution in [0.3, 0.4) is 0 Å². The van der Waals surface area contributed by atoms with E-state index in [4.69, 9.17) is 0 Å². The molecular weight excluding hydrogens is 120 g/mol. The first-order chi connectivity index (χ1) is 4.90. The zero-order valence-corrected chi connectivity index (χ0v) is 6.77. The van der Waals surface area contributed by atoms with Gasteiger partial charge in [0.2, 0.25) is 0 Å². The van der Waals surface area contributed by atoms with Gasteiger partial charge in [-0.1, -0.05) is 18.6 Å². The first-order valence-electron chi connectivity index (χ1n) is 4.58. The average molecular weight is 136 g/mol. The quantitative estimate of drug-likeness (QED) is 0.486. The summed E-state index contributed by atoms with van der Waals surface area (Å²) in [4.78, 5) is 0. The molecule has 2 aliphatic carbocycles. The molecule has 0 bridgehead atoms. The van der Waals surface area contributed by atoms with Gasteiger partial charge in [-0.05, 0) is 43.9 Å². The molecule has 2 unspecified atom stereocenters. The molecule has 0 saturated heterocycles. The van der Waals surface area contributed by atoms with E-state index in [1.807, 2.05) is 0 Å². The smallest absolute Gasteiger partial charge is 0.0289 e. The van der Waals surface area contributed by atoms with Crippen LogP contribution in [0.4, 0.5) is 0 Å². The maximum absolute atomic E-state index is 2.49. The normalized spacial score (nSPS) is 37.9. The molecule has 2 aliphatic rings. The predicted molar refractivity (Wildman–Crippen MR) is 43.8 cm³/mol. The minimum Gasteiger partial charge on any atom is -0.0850 e. The Morgan fingerprint density at radius 1 is 1.40 bits per heavy atom. The van der Waals surface area contributed by atoms with Crippen molar-refractivity contribution in [3.8, 4) is 0 Å². The maximum atomic E-state index is 2.49. The maximum Gasteiger partial charge on any atom is -0.0289 e. The molecule has 2 atom stereocenters. The highest BCUT2D eigenvalue weighted by molar-refractivity contribution is 5.10. The van der Waals surface area contributed by atoms with Crippen molar-refractivity contribution in [3.05, 3.63) is 11.6 Å². The van der Waals surface area contributed by atoms with Gasteiger partial charge < -0.3 is 0 Å². The second-order valence-corrected chi connectivity index (χ2v) is 3.75. The molecule has 0 heterocycles. The van der Waals surface area contributed by atoms with Crippen LogP contribution >= 0.6 is 0 Å². The minimum absolute atomic E-state index is 1.09. The van der Waals surface area contributed by atoms with Crippen LogP contribution < -0.4 is 0 Å². The highest BCUT2D eigenvalue weighted by Gasteiger charge is 2.32. The van der Waals surface area contributed by atoms with Gasteiger partial charge in [0.15, 0.2) is 0 Å². The second kappa shape index (κ2) is 2.41. The van der Waals surface area contributed by atoms with Gasteiger partial charge >= 0.3 is 0 Å². The van der Waals surface area contributed by atoms with E-state index in [1.165, 1.54) is 32.1 Å². The molecule has 0 N–H and O–H groups in total. The van der Waals surface area contributed by atoms with E-state index in [9.17, 15) is 0 Å². The zero-order valence-electron chi connectivity index (χ0n) is 6.77. The summed E-state index contributed by atoms with van der Waals surface area (Å²) in [5.74, 6) is 2.19. The third kappa shape index (κ3) is 0.902. The van der Waals surface area contributed by atoms with Crippen LogP contribution in [0.15, 0.2) is 11.6 Å². The number of rotatable bonds is 1. The van der Waals surface area contributed by atoms with E-state index < -0.39 is 0 Å². The van der Waals surface area contributed by atoms with E-state index in [2.05, 4.69) is 13.0 Å². The van der Waals surface area contributed by atoms with Gasteiger partial charge in [-0.25, -0.2) is 0 Å². The Hall–Kier alpha value is -0.260. The zero-order chi connectivity index (χ0) is 6.97. The summed E-state index contributed by atoms with van der Waals surface area (Å²) in [6, 6.07) is 0. The number of fused-ring (bicyclic) bond motifs is 1. The molecule has 0 aliphatic heterocycles. The molecule has 0 radical (unpaired) electrons. The van der Waals surface area contributed by atoms with E-state index in [0.29, 0.717) is 0 Å². The van der Waals surface area contributed by atoms with Gasteiger partial charge in [-0.15, -0.1) is 0 Å². The largest absolute Gasteiger partial charge is 0.0850 e. The summed E-state index contributed by atoms with van der Waals surface area (Å²) in [5.41, 5.74) is 1.72. The summed E-state index contributed by atoms with van der Waals surface area (Å²) in [6.45, 7) is 2.28. The lowest BCUT2D eigenvalue weighted by Crippen LogP contribution is -2.28. The van der Waals surface area contributed by atoms with Crippen LogP contribution in [-0.4, -0.2) is 0 Å². The molecule has 0 amide bonds. The lowest BCUT2D eigenvalue weighted by atomic mass is 9.66. The molecule has 0 aromatic carbocycles. The molecule has 56 valence electrons. The van der Waals surface area contributed by atoms with Gasteiger partial charge in [0.05, 0.1) is 0 Å². The van der Waals surface area contributed by atoms with Crippen molar-refractivity contribution in [1.29, 1.82) is 0 Å². The number of hydrogen-bond acceptors (Lipinski definition) is 0. The van der Waals surface area contributed by atoms with E-state index in [0.717, 1.165) is 11.8 Å². The van der Waals surface area contributed by atoms with Crippen molar-refractivity contribution in [1.82, 2.24) is 0 Å². The summed E-state index contributed by atoms with van der Waals surface area (Å²) in [7, 11) is 0. The van der Waals surface area contributed by atoms with Crippen molar-refractivity contribution in [3.63, 3.8) is 0 Å². The van der Waals surface area contributed by atoms with Crippen LogP contribution in [0.2, 0.25) is 0 Å². The van der Waals surface area contributed by atoms with Crippen molar-refractivity contribution in [2.75, 3.05) is 0 Å². The fraction of sp³-hybridized carbons (Fsp3) is 0.800. The van der Waals surface area contributed by atoms with Crippen molar-refractivity contribution in [2.24, 2.45) is 11.8 Å². The molecule has 2 rings (SSSR count). The first-order valence-corrected chi connectivity index (χ1v) is 4.58. The molecule has 0 spiro atoms. The number of allylic oxidation sites excluding steroid dienone is 2. The van der Waals surface area contributed by atoms with Gasteiger partial charge in [-0.2, -0.15) is 0 Å². The Morgan fingerprint density at radius 3 is 2.70 bits per heavy atom. The fourth-order valence-corrected chi connectivity index (χ4v) is 2.24. The molecule has 0 aromatic heterocycles. The topological polar surface area (TPSA) is 0 Å². The predicted octanol–water partition coefficient (Wildman–Crippen LogP) is 3.14. The average Bonchev–Trinajstić information content (AvgIpc) is 1.92. The molecule has 0 aromatic rings. The SMILES string of the molecule is CCC1=CCC2CCC2C1. The van der Waals surface area contributed by atoms with Crippen LogP contribution in [0.5, 0.6) is 0 Å². The number of hydrogen-bond donors (Lipinski definition) is 0. The first kappa shape index (κ1) is 6.45. The Balaban J connectivity index is 2.01. The van der Waals surface area contributed by atoms with E-state index in [1.54, 1.807) is 5.57 Å². The Labute approximate surface area is 63.3 Å². The second-order valence-electron chi connectivity index (χ2n) is 3.75. The van der Waals surface area contributed by atoms with Crippen LogP contribution in [0.1, 0.15) is 39.0 Å². The van der Waals surface area contributed by atoms with Gasteiger partial charge in [0.25, 0.3) is 0 Å². The minimum atomic E-state index is 1.09. The molecule has 1 fully saturated rings. The Bertz CT molecular complexity index is 155. The van der Waals surface area contributed by atoms with Gasteiger partial charge in [-0.3, -0.25) is 0 Å². The van der Waals surface area contributed by atoms with Crippen molar-refractivity contribution < 1.29 is 0 Å². The summed E-state index contributed by atoms with van der Waals surface area (Å²) < 4.78 is 0. The summed E-state index contributed by atoms with van der Waals surface area (Å²) >= 11 is 0. The van der Waals surface area contributed by atoms with E-state index in [-0.39, 0.29) is 0 Å². The van der Waals surface area contributed by atoms with Gasteiger partial charge in [0.1, 0.15) is 0 Å². The Morgan fingerprint density at radius 2 is 2.20 bits per heavy atom. The van der Waals surface area contributed by atoms with Crippen molar-refractivity contribution >= 4 is 0 Å². The highest BCUT2D eigenvalue weighted by atomic mass is 14.4. The van der Waals surface area contributed by atoms with Crippen LogP contribution in [0.25, 0.3) is 0 Å². The van der Waals surface area contributed by atoms with Crippen LogP contribution in [0, 0.1) is 11.8 Å². The molecule has 0 heteroatoms. The van der Waals surface area contributed by atoms with Crippen LogP contribution in [-0.2, 0) is 0 Å². The highest BCUT2D eigenvalue weighted by Crippen LogP contribution is 2.44. The molecule has 10 heavy (non-hydrogen) atoms. The third-order valence-corrected chi connectivity index (χ3v) is 3.26.